The van der Waals surface area contributed by atoms with E-state index in [1.807, 2.05) is 0 Å². The van der Waals surface area contributed by atoms with Crippen molar-refractivity contribution in [3.8, 4) is 0 Å². The van der Waals surface area contributed by atoms with Crippen LogP contribution in [0.3, 0.4) is 0 Å². The van der Waals surface area contributed by atoms with Gasteiger partial charge in [-0.05, 0) is 19.1 Å². The largest absolute Gasteiger partial charge is 0.219 e. The van der Waals surface area contributed by atoms with Crippen LogP contribution >= 0.6 is 15.9 Å². The number of hydrogen-bond acceptors (Lipinski definition) is 1. The predicted octanol–water partition coefficient (Wildman–Crippen LogP) is 2.82. The third kappa shape index (κ3) is 1.96. The lowest BCUT2D eigenvalue weighted by Gasteiger charge is -2.02. The number of nitrogens with zero attached hydrogens (tertiary/aromatic N) is 1. The van der Waals surface area contributed by atoms with Crippen molar-refractivity contribution >= 4 is 15.9 Å². The molecule has 60 valence electrons. The Kier molecular flexibility index (Phi) is 2.54. The summed E-state index contributed by atoms with van der Waals surface area (Å²) < 4.78 is 25.0. The molecule has 1 heterocycles. The number of alkyl halides is 1. The normalized spacial score (nSPS) is 13.1. The Hall–Kier alpha value is -0.510. The van der Waals surface area contributed by atoms with Gasteiger partial charge in [-0.15, -0.1) is 0 Å². The first-order valence-corrected chi connectivity index (χ1v) is 3.99. The van der Waals surface area contributed by atoms with E-state index in [9.17, 15) is 8.78 Å². The van der Waals surface area contributed by atoms with Gasteiger partial charge >= 0.3 is 0 Å². The zero-order valence-electron chi connectivity index (χ0n) is 5.81. The van der Waals surface area contributed by atoms with Gasteiger partial charge < -0.3 is 0 Å². The van der Waals surface area contributed by atoms with Crippen LogP contribution < -0.4 is 0 Å². The second-order valence-corrected chi connectivity index (χ2v) is 3.50. The maximum Gasteiger partial charge on any atom is 0.219 e. The van der Waals surface area contributed by atoms with E-state index in [0.717, 1.165) is 6.07 Å². The van der Waals surface area contributed by atoms with Crippen molar-refractivity contribution < 1.29 is 8.78 Å². The standard InChI is InChI=1S/C7H6BrF2N/c1-4(8)5-2-3-6(9)11-7(5)10/h2-4H,1H3. The topological polar surface area (TPSA) is 12.9 Å². The molecule has 0 fully saturated rings. The van der Waals surface area contributed by atoms with Crippen LogP contribution in [0.25, 0.3) is 0 Å². The summed E-state index contributed by atoms with van der Waals surface area (Å²) in [5.41, 5.74) is 0.367. The monoisotopic (exact) mass is 221 g/mol. The molecule has 1 rings (SSSR count). The highest BCUT2D eigenvalue weighted by atomic mass is 79.9. The Balaban J connectivity index is 3.09. The van der Waals surface area contributed by atoms with Crippen LogP contribution in [0.2, 0.25) is 0 Å². The van der Waals surface area contributed by atoms with Gasteiger partial charge in [0.15, 0.2) is 0 Å². The summed E-state index contributed by atoms with van der Waals surface area (Å²) in [6, 6.07) is 2.51. The third-order valence-corrected chi connectivity index (χ3v) is 1.77. The summed E-state index contributed by atoms with van der Waals surface area (Å²) in [5, 5.41) is 0. The number of aromatic nitrogens is 1. The Morgan fingerprint density at radius 1 is 1.45 bits per heavy atom. The molecule has 1 unspecified atom stereocenters. The molecular weight excluding hydrogens is 216 g/mol. The number of halogens is 3. The highest BCUT2D eigenvalue weighted by molar-refractivity contribution is 9.09. The summed E-state index contributed by atoms with van der Waals surface area (Å²) in [5.74, 6) is -1.55. The lowest BCUT2D eigenvalue weighted by molar-refractivity contribution is 0.503. The van der Waals surface area contributed by atoms with Gasteiger partial charge in [0.1, 0.15) is 0 Å². The second kappa shape index (κ2) is 3.26. The van der Waals surface area contributed by atoms with Crippen molar-refractivity contribution in [1.29, 1.82) is 0 Å². The van der Waals surface area contributed by atoms with E-state index in [4.69, 9.17) is 0 Å². The minimum Gasteiger partial charge on any atom is -0.190 e. The predicted molar refractivity (Wildman–Crippen MR) is 41.5 cm³/mol. The molecule has 0 spiro atoms. The Morgan fingerprint density at radius 2 is 2.09 bits per heavy atom. The number of rotatable bonds is 1. The van der Waals surface area contributed by atoms with Crippen LogP contribution in [0.1, 0.15) is 17.3 Å². The molecule has 11 heavy (non-hydrogen) atoms. The Bertz CT molecular complexity index is 263. The zero-order chi connectivity index (χ0) is 8.43. The van der Waals surface area contributed by atoms with Crippen LogP contribution in [-0.4, -0.2) is 4.98 Å². The Morgan fingerprint density at radius 3 is 2.55 bits per heavy atom. The van der Waals surface area contributed by atoms with Crippen molar-refractivity contribution in [3.63, 3.8) is 0 Å². The fourth-order valence-corrected chi connectivity index (χ4v) is 1.06. The van der Waals surface area contributed by atoms with E-state index >= 15 is 0 Å². The molecule has 0 saturated carbocycles. The van der Waals surface area contributed by atoms with Gasteiger partial charge in [-0.25, -0.2) is 0 Å². The van der Waals surface area contributed by atoms with E-state index in [1.54, 1.807) is 6.92 Å². The average molecular weight is 222 g/mol. The first kappa shape index (κ1) is 8.59. The molecular formula is C7H6BrF2N. The Labute approximate surface area is 71.6 Å². The molecule has 1 atom stereocenters. The molecule has 0 aliphatic carbocycles. The van der Waals surface area contributed by atoms with Gasteiger partial charge in [-0.1, -0.05) is 15.9 Å². The summed E-state index contributed by atoms with van der Waals surface area (Å²) in [4.78, 5) is 2.89. The van der Waals surface area contributed by atoms with Crippen molar-refractivity contribution in [2.24, 2.45) is 0 Å². The molecule has 1 aromatic heterocycles. The van der Waals surface area contributed by atoms with Gasteiger partial charge in [-0.3, -0.25) is 0 Å². The molecule has 0 amide bonds. The van der Waals surface area contributed by atoms with Crippen molar-refractivity contribution in [3.05, 3.63) is 29.6 Å². The van der Waals surface area contributed by atoms with E-state index < -0.39 is 11.9 Å². The number of hydrogen-bond donors (Lipinski definition) is 0. The first-order valence-electron chi connectivity index (χ1n) is 3.07. The van der Waals surface area contributed by atoms with Crippen molar-refractivity contribution in [2.75, 3.05) is 0 Å². The van der Waals surface area contributed by atoms with Crippen LogP contribution in [0.5, 0.6) is 0 Å². The van der Waals surface area contributed by atoms with Gasteiger partial charge in [0, 0.05) is 10.4 Å². The minimum absolute atomic E-state index is 0.143. The van der Waals surface area contributed by atoms with Gasteiger partial charge in [0.2, 0.25) is 11.9 Å². The fraction of sp³-hybridized carbons (Fsp3) is 0.286. The molecule has 0 aromatic carbocycles. The molecule has 1 aromatic rings. The quantitative estimate of drug-likeness (QED) is 0.525. The van der Waals surface area contributed by atoms with Crippen LogP contribution in [0.15, 0.2) is 12.1 Å². The molecule has 0 radical (unpaired) electrons. The summed E-state index contributed by atoms with van der Waals surface area (Å²) in [6.45, 7) is 1.75. The van der Waals surface area contributed by atoms with Gasteiger partial charge in [0.25, 0.3) is 0 Å². The van der Waals surface area contributed by atoms with E-state index in [1.165, 1.54) is 6.07 Å². The maximum atomic E-state index is 12.7. The van der Waals surface area contributed by atoms with E-state index in [0.29, 0.717) is 5.56 Å². The summed E-state index contributed by atoms with van der Waals surface area (Å²) in [7, 11) is 0. The molecule has 0 aliphatic heterocycles. The highest BCUT2D eigenvalue weighted by Crippen LogP contribution is 2.22. The molecule has 0 aliphatic rings. The highest BCUT2D eigenvalue weighted by Gasteiger charge is 2.08. The summed E-state index contributed by atoms with van der Waals surface area (Å²) >= 11 is 3.16. The molecule has 4 heteroatoms. The van der Waals surface area contributed by atoms with E-state index in [-0.39, 0.29) is 4.83 Å². The van der Waals surface area contributed by atoms with Crippen LogP contribution in [-0.2, 0) is 0 Å². The maximum absolute atomic E-state index is 12.7. The van der Waals surface area contributed by atoms with Crippen molar-refractivity contribution in [2.45, 2.75) is 11.8 Å². The van der Waals surface area contributed by atoms with Crippen LogP contribution in [0, 0.1) is 11.9 Å². The zero-order valence-corrected chi connectivity index (χ0v) is 7.40. The van der Waals surface area contributed by atoms with Crippen LogP contribution in [0.4, 0.5) is 8.78 Å². The molecule has 0 N–H and O–H groups in total. The van der Waals surface area contributed by atoms with Gasteiger partial charge in [0.05, 0.1) is 0 Å². The summed E-state index contributed by atoms with van der Waals surface area (Å²) in [6.07, 6.45) is 0. The second-order valence-electron chi connectivity index (χ2n) is 2.13. The van der Waals surface area contributed by atoms with E-state index in [2.05, 4.69) is 20.9 Å². The third-order valence-electron chi connectivity index (χ3n) is 1.27. The van der Waals surface area contributed by atoms with Gasteiger partial charge in [-0.2, -0.15) is 13.8 Å². The molecule has 0 saturated heterocycles. The number of pyridine rings is 1. The lowest BCUT2D eigenvalue weighted by atomic mass is 10.2. The minimum atomic E-state index is -0.792. The molecule has 1 nitrogen and oxygen atoms in total. The lowest BCUT2D eigenvalue weighted by Crippen LogP contribution is -1.95. The van der Waals surface area contributed by atoms with Crippen molar-refractivity contribution in [1.82, 2.24) is 4.98 Å². The first-order chi connectivity index (χ1) is 5.11. The SMILES string of the molecule is CC(Br)c1ccc(F)nc1F. The molecule has 0 bridgehead atoms. The average Bonchev–Trinajstić information content (AvgIpc) is 1.85. The smallest absolute Gasteiger partial charge is 0.190 e. The fourth-order valence-electron chi connectivity index (χ4n) is 0.720.